The zero-order chi connectivity index (χ0) is 15.9. The van der Waals surface area contributed by atoms with Gasteiger partial charge < -0.3 is 14.8 Å². The molecule has 1 atom stereocenters. The maximum absolute atomic E-state index is 6.02. The number of benzene rings is 1. The molecule has 3 nitrogen and oxygen atoms in total. The fourth-order valence-electron chi connectivity index (χ4n) is 2.19. The molecule has 0 saturated heterocycles. The van der Waals surface area contributed by atoms with E-state index in [9.17, 15) is 0 Å². The molecule has 1 rings (SSSR count). The van der Waals surface area contributed by atoms with E-state index >= 15 is 0 Å². The third-order valence-corrected chi connectivity index (χ3v) is 3.55. The molecule has 1 N–H and O–H groups in total. The van der Waals surface area contributed by atoms with E-state index in [-0.39, 0.29) is 5.41 Å². The molecule has 0 aliphatic rings. The molecule has 0 aromatic heterocycles. The van der Waals surface area contributed by atoms with Crippen molar-refractivity contribution in [1.29, 1.82) is 0 Å². The Labute approximate surface area is 130 Å². The molecule has 1 unspecified atom stereocenters. The Hall–Kier alpha value is -1.22. The van der Waals surface area contributed by atoms with E-state index in [1.54, 1.807) is 7.11 Å². The number of hydrogen-bond acceptors (Lipinski definition) is 3. The van der Waals surface area contributed by atoms with Gasteiger partial charge in [0.05, 0.1) is 13.7 Å². The zero-order valence-electron chi connectivity index (χ0n) is 14.5. The van der Waals surface area contributed by atoms with Crippen LogP contribution in [0.1, 0.15) is 53.0 Å². The topological polar surface area (TPSA) is 30.5 Å². The molecule has 0 aliphatic heterocycles. The first-order valence-corrected chi connectivity index (χ1v) is 7.93. The van der Waals surface area contributed by atoms with Gasteiger partial charge in [0.15, 0.2) is 0 Å². The summed E-state index contributed by atoms with van der Waals surface area (Å²) >= 11 is 0. The fourth-order valence-corrected chi connectivity index (χ4v) is 2.19. The number of ether oxygens (including phenoxy) is 2. The number of rotatable bonds is 8. The second-order valence-corrected chi connectivity index (χ2v) is 6.60. The van der Waals surface area contributed by atoms with Crippen LogP contribution in [0.15, 0.2) is 18.2 Å². The van der Waals surface area contributed by atoms with Crippen molar-refractivity contribution >= 4 is 0 Å². The maximum Gasteiger partial charge on any atom is 0.123 e. The summed E-state index contributed by atoms with van der Waals surface area (Å²) in [6, 6.07) is 6.54. The van der Waals surface area contributed by atoms with Crippen molar-refractivity contribution in [2.75, 3.05) is 20.3 Å². The van der Waals surface area contributed by atoms with Crippen molar-refractivity contribution in [3.05, 3.63) is 23.8 Å². The largest absolute Gasteiger partial charge is 0.497 e. The molecule has 0 saturated carbocycles. The van der Waals surface area contributed by atoms with E-state index in [0.29, 0.717) is 6.04 Å². The molecule has 3 heteroatoms. The Bertz CT molecular complexity index is 424. The van der Waals surface area contributed by atoms with E-state index in [0.717, 1.165) is 37.5 Å². The van der Waals surface area contributed by atoms with Gasteiger partial charge in [-0.15, -0.1) is 0 Å². The highest BCUT2D eigenvalue weighted by Crippen LogP contribution is 2.34. The van der Waals surface area contributed by atoms with Crippen molar-refractivity contribution in [1.82, 2.24) is 5.32 Å². The normalized spacial score (nSPS) is 13.0. The Balaban J connectivity index is 2.66. The predicted octanol–water partition coefficient (Wildman–Crippen LogP) is 4.15. The lowest BCUT2D eigenvalue weighted by Crippen LogP contribution is -2.28. The fraction of sp³-hybridized carbons (Fsp3) is 0.667. The van der Waals surface area contributed by atoms with Crippen molar-refractivity contribution in [2.45, 2.75) is 58.9 Å². The molecule has 120 valence electrons. The summed E-state index contributed by atoms with van der Waals surface area (Å²) in [5.41, 5.74) is 1.23. The van der Waals surface area contributed by atoms with Crippen LogP contribution in [0.2, 0.25) is 0 Å². The van der Waals surface area contributed by atoms with Crippen LogP contribution in [0, 0.1) is 0 Å². The maximum atomic E-state index is 6.02. The standard InChI is InChI=1S/C18H31NO2/c1-7-11-19-14(2)10-12-21-17-9-8-15(20-6)13-16(17)18(3,4)5/h8-9,13-14,19H,7,10-12H2,1-6H3. The van der Waals surface area contributed by atoms with Gasteiger partial charge in [-0.3, -0.25) is 0 Å². The van der Waals surface area contributed by atoms with Gasteiger partial charge in [0.25, 0.3) is 0 Å². The Morgan fingerprint density at radius 1 is 1.24 bits per heavy atom. The van der Waals surface area contributed by atoms with E-state index in [1.165, 1.54) is 5.56 Å². The molecule has 0 spiro atoms. The Kier molecular flexibility index (Phi) is 7.03. The van der Waals surface area contributed by atoms with Crippen molar-refractivity contribution in [3.63, 3.8) is 0 Å². The lowest BCUT2D eigenvalue weighted by Gasteiger charge is -2.24. The van der Waals surface area contributed by atoms with E-state index < -0.39 is 0 Å². The summed E-state index contributed by atoms with van der Waals surface area (Å²) in [6.45, 7) is 12.8. The molecule has 0 heterocycles. The van der Waals surface area contributed by atoms with E-state index in [1.807, 2.05) is 12.1 Å². The molecule has 1 aromatic carbocycles. The minimum Gasteiger partial charge on any atom is -0.497 e. The summed E-state index contributed by atoms with van der Waals surface area (Å²) in [5.74, 6) is 1.84. The van der Waals surface area contributed by atoms with Crippen LogP contribution in [-0.2, 0) is 5.41 Å². The monoisotopic (exact) mass is 293 g/mol. The SMILES string of the molecule is CCCNC(C)CCOc1ccc(OC)cc1C(C)(C)C. The molecular weight excluding hydrogens is 262 g/mol. The Morgan fingerprint density at radius 3 is 2.52 bits per heavy atom. The van der Waals surface area contributed by atoms with Crippen molar-refractivity contribution in [2.24, 2.45) is 0 Å². The molecular formula is C18H31NO2. The van der Waals surface area contributed by atoms with Gasteiger partial charge in [-0.1, -0.05) is 27.7 Å². The summed E-state index contributed by atoms with van der Waals surface area (Å²) in [6.07, 6.45) is 2.17. The van der Waals surface area contributed by atoms with Crippen LogP contribution in [0.4, 0.5) is 0 Å². The molecule has 0 bridgehead atoms. The molecule has 0 amide bonds. The van der Waals surface area contributed by atoms with Crippen LogP contribution < -0.4 is 14.8 Å². The molecule has 0 radical (unpaired) electrons. The smallest absolute Gasteiger partial charge is 0.123 e. The number of nitrogens with one attached hydrogen (secondary N) is 1. The van der Waals surface area contributed by atoms with Crippen LogP contribution in [0.25, 0.3) is 0 Å². The minimum absolute atomic E-state index is 0.0376. The first-order chi connectivity index (χ1) is 9.88. The van der Waals surface area contributed by atoms with Gasteiger partial charge in [-0.05, 0) is 49.9 Å². The summed E-state index contributed by atoms with van der Waals surface area (Å²) < 4.78 is 11.3. The van der Waals surface area contributed by atoms with Crippen LogP contribution in [-0.4, -0.2) is 26.3 Å². The third kappa shape index (κ3) is 5.96. The second kappa shape index (κ2) is 8.28. The van der Waals surface area contributed by atoms with Gasteiger partial charge in [-0.2, -0.15) is 0 Å². The molecule has 0 aliphatic carbocycles. The van der Waals surface area contributed by atoms with Gasteiger partial charge in [0, 0.05) is 11.6 Å². The quantitative estimate of drug-likeness (QED) is 0.781. The summed E-state index contributed by atoms with van der Waals surface area (Å²) in [5, 5.41) is 3.48. The first-order valence-electron chi connectivity index (χ1n) is 7.93. The van der Waals surface area contributed by atoms with Crippen LogP contribution in [0.3, 0.4) is 0 Å². The average Bonchev–Trinajstić information content (AvgIpc) is 2.44. The second-order valence-electron chi connectivity index (χ2n) is 6.60. The zero-order valence-corrected chi connectivity index (χ0v) is 14.5. The van der Waals surface area contributed by atoms with Gasteiger partial charge in [0.1, 0.15) is 11.5 Å². The highest BCUT2D eigenvalue weighted by atomic mass is 16.5. The predicted molar refractivity (Wildman–Crippen MR) is 89.6 cm³/mol. The minimum atomic E-state index is 0.0376. The van der Waals surface area contributed by atoms with Gasteiger partial charge in [0.2, 0.25) is 0 Å². The van der Waals surface area contributed by atoms with E-state index in [2.05, 4.69) is 46.0 Å². The van der Waals surface area contributed by atoms with Crippen LogP contribution in [0.5, 0.6) is 11.5 Å². The first kappa shape index (κ1) is 17.8. The van der Waals surface area contributed by atoms with E-state index in [4.69, 9.17) is 9.47 Å². The number of hydrogen-bond donors (Lipinski definition) is 1. The molecule has 21 heavy (non-hydrogen) atoms. The third-order valence-electron chi connectivity index (χ3n) is 3.55. The average molecular weight is 293 g/mol. The highest BCUT2D eigenvalue weighted by molar-refractivity contribution is 5.44. The van der Waals surface area contributed by atoms with Crippen LogP contribution >= 0.6 is 0 Å². The summed E-state index contributed by atoms with van der Waals surface area (Å²) in [7, 11) is 1.70. The van der Waals surface area contributed by atoms with Gasteiger partial charge in [-0.25, -0.2) is 0 Å². The lowest BCUT2D eigenvalue weighted by molar-refractivity contribution is 0.283. The molecule has 0 fully saturated rings. The highest BCUT2D eigenvalue weighted by Gasteiger charge is 2.20. The van der Waals surface area contributed by atoms with Crippen molar-refractivity contribution < 1.29 is 9.47 Å². The number of methoxy groups -OCH3 is 1. The lowest BCUT2D eigenvalue weighted by atomic mass is 9.86. The Morgan fingerprint density at radius 2 is 1.95 bits per heavy atom. The molecule has 1 aromatic rings. The summed E-state index contributed by atoms with van der Waals surface area (Å²) in [4.78, 5) is 0. The van der Waals surface area contributed by atoms with Crippen molar-refractivity contribution in [3.8, 4) is 11.5 Å². The van der Waals surface area contributed by atoms with Gasteiger partial charge >= 0.3 is 0 Å².